The Morgan fingerprint density at radius 2 is 2.11 bits per heavy atom. The van der Waals surface area contributed by atoms with Crippen LogP contribution < -0.4 is 10.1 Å². The van der Waals surface area contributed by atoms with Crippen LogP contribution in [0.2, 0.25) is 0 Å². The summed E-state index contributed by atoms with van der Waals surface area (Å²) in [4.78, 5) is 11.3. The van der Waals surface area contributed by atoms with Gasteiger partial charge >= 0.3 is 0 Å². The van der Waals surface area contributed by atoms with Crippen LogP contribution in [-0.2, 0) is 4.79 Å². The number of amides is 1. The van der Waals surface area contributed by atoms with Crippen LogP contribution >= 0.6 is 0 Å². The summed E-state index contributed by atoms with van der Waals surface area (Å²) in [7, 11) is 0. The number of ether oxygens (including phenoxy) is 1. The molecule has 0 aliphatic rings. The molecule has 0 fully saturated rings. The Kier molecular flexibility index (Phi) is 5.98. The van der Waals surface area contributed by atoms with Gasteiger partial charge in [-0.3, -0.25) is 4.79 Å². The third kappa shape index (κ3) is 4.62. The van der Waals surface area contributed by atoms with Crippen molar-refractivity contribution in [3.8, 4) is 5.75 Å². The maximum Gasteiger partial charge on any atom is 0.258 e. The smallest absolute Gasteiger partial charge is 0.258 e. The van der Waals surface area contributed by atoms with Gasteiger partial charge in [0.1, 0.15) is 5.75 Å². The van der Waals surface area contributed by atoms with Crippen LogP contribution in [0.15, 0.2) is 36.9 Å². The molecule has 0 aliphatic carbocycles. The molecular weight excluding hydrogens is 226 g/mol. The number of hydrogen-bond acceptors (Lipinski definition) is 2. The van der Waals surface area contributed by atoms with E-state index in [0.717, 1.165) is 12.2 Å². The lowest BCUT2D eigenvalue weighted by molar-refractivity contribution is -0.122. The van der Waals surface area contributed by atoms with Crippen LogP contribution in [0.3, 0.4) is 0 Å². The monoisotopic (exact) mass is 247 g/mol. The molecule has 18 heavy (non-hydrogen) atoms. The molecular formula is C15H21NO2. The lowest BCUT2D eigenvalue weighted by Gasteiger charge is -2.10. The summed E-state index contributed by atoms with van der Waals surface area (Å²) in [5.41, 5.74) is 1.29. The molecule has 3 nitrogen and oxygen atoms in total. The van der Waals surface area contributed by atoms with E-state index in [1.807, 2.05) is 24.3 Å². The fraction of sp³-hybridized carbons (Fsp3) is 0.400. The van der Waals surface area contributed by atoms with Crippen molar-refractivity contribution < 1.29 is 9.53 Å². The van der Waals surface area contributed by atoms with E-state index in [1.54, 1.807) is 6.08 Å². The molecule has 1 unspecified atom stereocenters. The molecule has 0 saturated heterocycles. The molecule has 1 N–H and O–H groups in total. The number of hydrogen-bond donors (Lipinski definition) is 1. The predicted molar refractivity (Wildman–Crippen MR) is 73.8 cm³/mol. The quantitative estimate of drug-likeness (QED) is 0.752. The highest BCUT2D eigenvalue weighted by atomic mass is 16.5. The summed E-state index contributed by atoms with van der Waals surface area (Å²) in [6.45, 7) is 8.39. The standard InChI is InChI=1S/C15H21NO2/c1-4-10-16-15(17)11-18-14-8-6-13(7-9-14)12(3)5-2/h4,6-9,12H,1,5,10-11H2,2-3H3,(H,16,17). The van der Waals surface area contributed by atoms with Crippen LogP contribution in [-0.4, -0.2) is 19.1 Å². The zero-order chi connectivity index (χ0) is 13.4. The fourth-order valence-corrected chi connectivity index (χ4v) is 1.51. The van der Waals surface area contributed by atoms with Gasteiger partial charge in [0.25, 0.3) is 5.91 Å². The summed E-state index contributed by atoms with van der Waals surface area (Å²) in [6, 6.07) is 7.90. The zero-order valence-corrected chi connectivity index (χ0v) is 11.1. The van der Waals surface area contributed by atoms with Crippen molar-refractivity contribution >= 4 is 5.91 Å². The minimum absolute atomic E-state index is 0.0382. The largest absolute Gasteiger partial charge is 0.484 e. The van der Waals surface area contributed by atoms with E-state index in [2.05, 4.69) is 25.7 Å². The molecule has 1 aromatic rings. The van der Waals surface area contributed by atoms with E-state index in [9.17, 15) is 4.79 Å². The second-order valence-corrected chi connectivity index (χ2v) is 4.26. The first-order valence-corrected chi connectivity index (χ1v) is 6.27. The predicted octanol–water partition coefficient (Wildman–Crippen LogP) is 2.88. The van der Waals surface area contributed by atoms with Crippen molar-refractivity contribution in [2.75, 3.05) is 13.2 Å². The first kappa shape index (κ1) is 14.3. The minimum Gasteiger partial charge on any atom is -0.484 e. The maximum absolute atomic E-state index is 11.3. The van der Waals surface area contributed by atoms with Gasteiger partial charge < -0.3 is 10.1 Å². The molecule has 1 rings (SSSR count). The van der Waals surface area contributed by atoms with Crippen molar-refractivity contribution in [3.63, 3.8) is 0 Å². The number of nitrogens with one attached hydrogen (secondary N) is 1. The summed E-state index contributed by atoms with van der Waals surface area (Å²) in [5.74, 6) is 1.13. The van der Waals surface area contributed by atoms with Gasteiger partial charge in [0, 0.05) is 6.54 Å². The lowest BCUT2D eigenvalue weighted by atomic mass is 9.99. The normalized spacial score (nSPS) is 11.7. The number of benzene rings is 1. The number of carbonyl (C=O) groups is 1. The molecule has 0 radical (unpaired) electrons. The molecule has 0 spiro atoms. The van der Waals surface area contributed by atoms with E-state index < -0.39 is 0 Å². The van der Waals surface area contributed by atoms with Crippen molar-refractivity contribution in [3.05, 3.63) is 42.5 Å². The second-order valence-electron chi connectivity index (χ2n) is 4.26. The van der Waals surface area contributed by atoms with Gasteiger partial charge in [-0.15, -0.1) is 6.58 Å². The first-order valence-electron chi connectivity index (χ1n) is 6.27. The van der Waals surface area contributed by atoms with Gasteiger partial charge in [0.15, 0.2) is 6.61 Å². The Hall–Kier alpha value is -1.77. The second kappa shape index (κ2) is 7.54. The summed E-state index contributed by atoms with van der Waals surface area (Å²) in [6.07, 6.45) is 2.75. The van der Waals surface area contributed by atoms with Crippen molar-refractivity contribution in [2.45, 2.75) is 26.2 Å². The van der Waals surface area contributed by atoms with E-state index in [-0.39, 0.29) is 12.5 Å². The van der Waals surface area contributed by atoms with Crippen LogP contribution in [0.4, 0.5) is 0 Å². The Labute approximate surface area is 109 Å². The average Bonchev–Trinajstić information content (AvgIpc) is 2.42. The van der Waals surface area contributed by atoms with Crippen LogP contribution in [0.25, 0.3) is 0 Å². The van der Waals surface area contributed by atoms with Gasteiger partial charge in [-0.05, 0) is 30.0 Å². The average molecular weight is 247 g/mol. The van der Waals surface area contributed by atoms with Crippen molar-refractivity contribution in [1.82, 2.24) is 5.32 Å². The van der Waals surface area contributed by atoms with E-state index in [1.165, 1.54) is 5.56 Å². The maximum atomic E-state index is 11.3. The highest BCUT2D eigenvalue weighted by molar-refractivity contribution is 5.77. The molecule has 0 bridgehead atoms. The third-order valence-corrected chi connectivity index (χ3v) is 2.88. The molecule has 0 aliphatic heterocycles. The first-order chi connectivity index (χ1) is 8.67. The number of carbonyl (C=O) groups excluding carboxylic acids is 1. The SMILES string of the molecule is C=CCNC(=O)COc1ccc(C(C)CC)cc1. The lowest BCUT2D eigenvalue weighted by Crippen LogP contribution is -2.28. The molecule has 98 valence electrons. The topological polar surface area (TPSA) is 38.3 Å². The molecule has 0 heterocycles. The summed E-state index contributed by atoms with van der Waals surface area (Å²) in [5, 5.41) is 2.66. The molecule has 0 saturated carbocycles. The molecule has 1 atom stereocenters. The van der Waals surface area contributed by atoms with Crippen molar-refractivity contribution in [2.24, 2.45) is 0 Å². The minimum atomic E-state index is -0.138. The highest BCUT2D eigenvalue weighted by Gasteiger charge is 2.04. The Balaban J connectivity index is 2.44. The van der Waals surface area contributed by atoms with Gasteiger partial charge in [-0.1, -0.05) is 32.1 Å². The van der Waals surface area contributed by atoms with Gasteiger partial charge in [0.2, 0.25) is 0 Å². The molecule has 1 amide bonds. The third-order valence-electron chi connectivity index (χ3n) is 2.88. The highest BCUT2D eigenvalue weighted by Crippen LogP contribution is 2.21. The Morgan fingerprint density at radius 3 is 2.67 bits per heavy atom. The van der Waals surface area contributed by atoms with Gasteiger partial charge in [-0.25, -0.2) is 0 Å². The molecule has 1 aromatic carbocycles. The van der Waals surface area contributed by atoms with E-state index in [0.29, 0.717) is 12.5 Å². The molecule has 0 aromatic heterocycles. The number of rotatable bonds is 7. The van der Waals surface area contributed by atoms with E-state index in [4.69, 9.17) is 4.74 Å². The zero-order valence-electron chi connectivity index (χ0n) is 11.1. The van der Waals surface area contributed by atoms with Gasteiger partial charge in [0.05, 0.1) is 0 Å². The molecule has 3 heteroatoms. The van der Waals surface area contributed by atoms with Crippen LogP contribution in [0.5, 0.6) is 5.75 Å². The summed E-state index contributed by atoms with van der Waals surface area (Å²) < 4.78 is 5.39. The summed E-state index contributed by atoms with van der Waals surface area (Å²) >= 11 is 0. The van der Waals surface area contributed by atoms with Crippen LogP contribution in [0.1, 0.15) is 31.7 Å². The van der Waals surface area contributed by atoms with Crippen LogP contribution in [0, 0.1) is 0 Å². The van der Waals surface area contributed by atoms with Crippen molar-refractivity contribution in [1.29, 1.82) is 0 Å². The Morgan fingerprint density at radius 1 is 1.44 bits per heavy atom. The van der Waals surface area contributed by atoms with Gasteiger partial charge in [-0.2, -0.15) is 0 Å². The Bertz CT molecular complexity index is 384. The van der Waals surface area contributed by atoms with E-state index >= 15 is 0 Å². The fourth-order valence-electron chi connectivity index (χ4n) is 1.51.